The van der Waals surface area contributed by atoms with Crippen molar-refractivity contribution in [1.29, 1.82) is 0 Å². The van der Waals surface area contributed by atoms with E-state index in [1.54, 1.807) is 0 Å². The van der Waals surface area contributed by atoms with E-state index in [2.05, 4.69) is 29.4 Å². The van der Waals surface area contributed by atoms with Crippen molar-refractivity contribution < 1.29 is 9.59 Å². The number of carbonyl (C=O) groups excluding carboxylic acids is 2. The standard InChI is InChI=1S/C18H28N4O2/c1-3-4-7-13-12-14(21-20-13)17(24)22-11-6-10-18(2)15(22)8-5-9-16(23)19-18/h12,15H,3-11H2,1-2H3,(H,19,23)(H,20,21)/t15-,18-/m0/s1. The van der Waals surface area contributed by atoms with Gasteiger partial charge in [0.15, 0.2) is 0 Å². The number of aromatic amines is 1. The Balaban J connectivity index is 1.78. The molecule has 6 nitrogen and oxygen atoms in total. The average Bonchev–Trinajstić information content (AvgIpc) is 2.96. The van der Waals surface area contributed by atoms with Gasteiger partial charge in [0, 0.05) is 18.7 Å². The SMILES string of the molecule is CCCCc1cc(C(=O)N2CCC[C@]3(C)NC(=O)CCC[C@H]23)n[nH]1. The lowest BCUT2D eigenvalue weighted by Crippen LogP contribution is -2.63. The van der Waals surface area contributed by atoms with Crippen LogP contribution in [0.2, 0.25) is 0 Å². The molecular formula is C18H28N4O2. The van der Waals surface area contributed by atoms with Gasteiger partial charge in [-0.2, -0.15) is 5.10 Å². The Kier molecular flexibility index (Phi) is 4.92. The Labute approximate surface area is 143 Å². The van der Waals surface area contributed by atoms with Crippen LogP contribution in [0.15, 0.2) is 6.07 Å². The summed E-state index contributed by atoms with van der Waals surface area (Å²) in [5.41, 5.74) is 1.21. The number of hydrogen-bond acceptors (Lipinski definition) is 3. The summed E-state index contributed by atoms with van der Waals surface area (Å²) in [5, 5.41) is 10.4. The van der Waals surface area contributed by atoms with E-state index >= 15 is 0 Å². The van der Waals surface area contributed by atoms with Gasteiger partial charge in [-0.15, -0.1) is 0 Å². The fraction of sp³-hybridized carbons (Fsp3) is 0.722. The summed E-state index contributed by atoms with van der Waals surface area (Å²) in [7, 11) is 0. The predicted octanol–water partition coefficient (Wildman–Crippen LogP) is 2.42. The second-order valence-electron chi connectivity index (χ2n) is 7.36. The van der Waals surface area contributed by atoms with E-state index in [0.717, 1.165) is 57.2 Å². The molecular weight excluding hydrogens is 304 g/mol. The quantitative estimate of drug-likeness (QED) is 0.889. The number of amides is 2. The van der Waals surface area contributed by atoms with Crippen LogP contribution in [0.4, 0.5) is 0 Å². The summed E-state index contributed by atoms with van der Waals surface area (Å²) in [6.07, 6.45) is 7.22. The van der Waals surface area contributed by atoms with Crippen molar-refractivity contribution in [3.8, 4) is 0 Å². The summed E-state index contributed by atoms with van der Waals surface area (Å²) in [4.78, 5) is 26.9. The molecule has 0 saturated carbocycles. The van der Waals surface area contributed by atoms with Crippen LogP contribution in [-0.2, 0) is 11.2 Å². The number of nitrogens with zero attached hydrogens (tertiary/aromatic N) is 2. The Morgan fingerprint density at radius 3 is 3.08 bits per heavy atom. The molecule has 2 saturated heterocycles. The molecule has 0 aromatic carbocycles. The van der Waals surface area contributed by atoms with Gasteiger partial charge in [0.1, 0.15) is 5.69 Å². The molecule has 6 heteroatoms. The molecule has 2 aliphatic heterocycles. The lowest BCUT2D eigenvalue weighted by atomic mass is 9.81. The molecule has 0 radical (unpaired) electrons. The number of carbonyl (C=O) groups is 2. The normalized spacial score (nSPS) is 27.3. The lowest BCUT2D eigenvalue weighted by Gasteiger charge is -2.47. The molecule has 2 aliphatic rings. The van der Waals surface area contributed by atoms with Crippen LogP contribution in [0.5, 0.6) is 0 Å². The smallest absolute Gasteiger partial charge is 0.274 e. The molecule has 2 fully saturated rings. The van der Waals surface area contributed by atoms with Crippen molar-refractivity contribution >= 4 is 11.8 Å². The van der Waals surface area contributed by atoms with Gasteiger partial charge in [-0.05, 0) is 51.5 Å². The number of piperidine rings is 1. The summed E-state index contributed by atoms with van der Waals surface area (Å²) < 4.78 is 0. The summed E-state index contributed by atoms with van der Waals surface area (Å²) in [6, 6.07) is 1.94. The fourth-order valence-corrected chi connectivity index (χ4v) is 4.10. The van der Waals surface area contributed by atoms with E-state index in [9.17, 15) is 9.59 Å². The number of nitrogens with one attached hydrogen (secondary N) is 2. The monoisotopic (exact) mass is 332 g/mol. The third-order valence-corrected chi connectivity index (χ3v) is 5.42. The molecule has 0 spiro atoms. The first kappa shape index (κ1) is 17.0. The van der Waals surface area contributed by atoms with Gasteiger partial charge in [-0.3, -0.25) is 14.7 Å². The maximum absolute atomic E-state index is 13.0. The Morgan fingerprint density at radius 2 is 2.29 bits per heavy atom. The molecule has 24 heavy (non-hydrogen) atoms. The zero-order valence-electron chi connectivity index (χ0n) is 14.7. The maximum atomic E-state index is 13.0. The molecule has 1 aromatic heterocycles. The number of fused-ring (bicyclic) bond motifs is 1. The predicted molar refractivity (Wildman–Crippen MR) is 91.7 cm³/mol. The molecule has 3 rings (SSSR count). The van der Waals surface area contributed by atoms with Gasteiger partial charge in [0.25, 0.3) is 5.91 Å². The van der Waals surface area contributed by atoms with Crippen molar-refractivity contribution in [2.24, 2.45) is 0 Å². The van der Waals surface area contributed by atoms with E-state index in [0.29, 0.717) is 12.1 Å². The van der Waals surface area contributed by atoms with Gasteiger partial charge in [-0.1, -0.05) is 13.3 Å². The fourth-order valence-electron chi connectivity index (χ4n) is 4.10. The number of aryl methyl sites for hydroxylation is 1. The van der Waals surface area contributed by atoms with E-state index in [1.165, 1.54) is 0 Å². The maximum Gasteiger partial charge on any atom is 0.274 e. The minimum absolute atomic E-state index is 0.0129. The van der Waals surface area contributed by atoms with Crippen molar-refractivity contribution in [1.82, 2.24) is 20.4 Å². The molecule has 2 N–H and O–H groups in total. The van der Waals surface area contributed by atoms with Crippen LogP contribution >= 0.6 is 0 Å². The van der Waals surface area contributed by atoms with Gasteiger partial charge in [0.05, 0.1) is 11.6 Å². The highest BCUT2D eigenvalue weighted by molar-refractivity contribution is 5.93. The second-order valence-corrected chi connectivity index (χ2v) is 7.36. The van der Waals surface area contributed by atoms with E-state index < -0.39 is 0 Å². The minimum atomic E-state index is -0.317. The Hall–Kier alpha value is -1.85. The van der Waals surface area contributed by atoms with Crippen LogP contribution in [0.1, 0.15) is 75.0 Å². The third-order valence-electron chi connectivity index (χ3n) is 5.42. The van der Waals surface area contributed by atoms with Crippen molar-refractivity contribution in [3.05, 3.63) is 17.5 Å². The zero-order valence-corrected chi connectivity index (χ0v) is 14.7. The number of aromatic nitrogens is 2. The first-order valence-corrected chi connectivity index (χ1v) is 9.20. The average molecular weight is 332 g/mol. The molecule has 1 aromatic rings. The number of rotatable bonds is 4. The van der Waals surface area contributed by atoms with Crippen molar-refractivity contribution in [2.45, 2.75) is 76.8 Å². The highest BCUT2D eigenvalue weighted by Crippen LogP contribution is 2.33. The first-order chi connectivity index (χ1) is 11.5. The van der Waals surface area contributed by atoms with Gasteiger partial charge >= 0.3 is 0 Å². The number of H-pyrrole nitrogens is 1. The highest BCUT2D eigenvalue weighted by Gasteiger charge is 2.45. The minimum Gasteiger partial charge on any atom is -0.349 e. The van der Waals surface area contributed by atoms with Crippen molar-refractivity contribution in [3.63, 3.8) is 0 Å². The van der Waals surface area contributed by atoms with Crippen LogP contribution in [0.25, 0.3) is 0 Å². The number of hydrogen-bond donors (Lipinski definition) is 2. The third kappa shape index (κ3) is 3.32. The van der Waals surface area contributed by atoms with E-state index in [4.69, 9.17) is 0 Å². The zero-order chi connectivity index (χ0) is 17.2. The topological polar surface area (TPSA) is 78.1 Å². The highest BCUT2D eigenvalue weighted by atomic mass is 16.2. The molecule has 2 amide bonds. The van der Waals surface area contributed by atoms with Gasteiger partial charge in [0.2, 0.25) is 5.91 Å². The molecule has 0 unspecified atom stereocenters. The summed E-state index contributed by atoms with van der Waals surface area (Å²) >= 11 is 0. The van der Waals surface area contributed by atoms with Gasteiger partial charge < -0.3 is 10.2 Å². The molecule has 0 aliphatic carbocycles. The van der Waals surface area contributed by atoms with Crippen LogP contribution < -0.4 is 5.32 Å². The molecule has 3 heterocycles. The van der Waals surface area contributed by atoms with Gasteiger partial charge in [-0.25, -0.2) is 0 Å². The van der Waals surface area contributed by atoms with Crippen LogP contribution in [0, 0.1) is 0 Å². The largest absolute Gasteiger partial charge is 0.349 e. The van der Waals surface area contributed by atoms with Crippen LogP contribution in [0.3, 0.4) is 0 Å². The molecule has 132 valence electrons. The summed E-state index contributed by atoms with van der Waals surface area (Å²) in [6.45, 7) is 4.97. The summed E-state index contributed by atoms with van der Waals surface area (Å²) in [5.74, 6) is 0.0944. The van der Waals surface area contributed by atoms with Crippen LogP contribution in [-0.4, -0.2) is 45.0 Å². The van der Waals surface area contributed by atoms with E-state index in [-0.39, 0.29) is 23.4 Å². The number of unbranched alkanes of at least 4 members (excludes halogenated alkanes) is 1. The second kappa shape index (κ2) is 6.95. The molecule has 2 atom stereocenters. The molecule has 0 bridgehead atoms. The first-order valence-electron chi connectivity index (χ1n) is 9.20. The lowest BCUT2D eigenvalue weighted by molar-refractivity contribution is -0.123. The van der Waals surface area contributed by atoms with E-state index in [1.807, 2.05) is 11.0 Å². The Morgan fingerprint density at radius 1 is 1.46 bits per heavy atom. The number of likely N-dealkylation sites (tertiary alicyclic amines) is 1. The Bertz CT molecular complexity index is 612. The van der Waals surface area contributed by atoms with Crippen molar-refractivity contribution in [2.75, 3.05) is 6.54 Å².